The molecule has 1 N–H and O–H groups in total. The largest absolute Gasteiger partial charge is 0.462 e. The van der Waals surface area contributed by atoms with E-state index in [0.29, 0.717) is 29.0 Å². The number of nitrogens with one attached hydrogen (secondary N) is 1. The van der Waals surface area contributed by atoms with Gasteiger partial charge in [-0.1, -0.05) is 19.1 Å². The van der Waals surface area contributed by atoms with Crippen LogP contribution in [0.1, 0.15) is 59.2 Å². The van der Waals surface area contributed by atoms with Crippen LogP contribution in [0.4, 0.5) is 5.00 Å². The number of hydrogen-bond donors (Lipinski definition) is 1. The minimum absolute atomic E-state index is 0.125. The zero-order valence-electron chi connectivity index (χ0n) is 18.9. The van der Waals surface area contributed by atoms with E-state index in [1.54, 1.807) is 13.0 Å². The van der Waals surface area contributed by atoms with Gasteiger partial charge in [-0.25, -0.2) is 13.2 Å². The van der Waals surface area contributed by atoms with E-state index in [9.17, 15) is 22.8 Å². The van der Waals surface area contributed by atoms with E-state index in [1.165, 1.54) is 46.8 Å². The number of rotatable bonds is 8. The van der Waals surface area contributed by atoms with Crippen LogP contribution in [0.25, 0.3) is 0 Å². The number of esters is 1. The van der Waals surface area contributed by atoms with E-state index in [2.05, 4.69) is 5.32 Å². The third-order valence-electron chi connectivity index (χ3n) is 5.59. The molecular formula is C23H28N2O6S2. The molecule has 0 radical (unpaired) electrons. The van der Waals surface area contributed by atoms with Crippen LogP contribution in [0.2, 0.25) is 0 Å². The summed E-state index contributed by atoms with van der Waals surface area (Å²) >= 11 is 1.35. The Morgan fingerprint density at radius 3 is 2.30 bits per heavy atom. The summed E-state index contributed by atoms with van der Waals surface area (Å²) in [6, 6.07) is 7.61. The van der Waals surface area contributed by atoms with Gasteiger partial charge in [0.25, 0.3) is 0 Å². The van der Waals surface area contributed by atoms with Crippen molar-refractivity contribution in [2.45, 2.75) is 44.9 Å². The summed E-state index contributed by atoms with van der Waals surface area (Å²) in [5, 5.41) is 3.32. The van der Waals surface area contributed by atoms with Crippen LogP contribution in [0.15, 0.2) is 35.2 Å². The lowest BCUT2D eigenvalue weighted by atomic mass is 9.97. The van der Waals surface area contributed by atoms with Crippen molar-refractivity contribution in [3.05, 3.63) is 46.3 Å². The molecule has 2 aromatic rings. The van der Waals surface area contributed by atoms with Crippen LogP contribution in [0.5, 0.6) is 0 Å². The quantitative estimate of drug-likeness (QED) is 0.444. The smallest absolute Gasteiger partial charge is 0.341 e. The maximum Gasteiger partial charge on any atom is 0.341 e. The first kappa shape index (κ1) is 25.1. The van der Waals surface area contributed by atoms with Crippen LogP contribution in [0, 0.1) is 5.92 Å². The van der Waals surface area contributed by atoms with Gasteiger partial charge in [-0.05, 0) is 51.3 Å². The van der Waals surface area contributed by atoms with Gasteiger partial charge in [0, 0.05) is 29.4 Å². The molecule has 0 saturated carbocycles. The number of carbonyl (C=O) groups is 3. The SMILES string of the molecule is CCOC(=O)c1cc(CC)sc1NC(=O)C1CCN(S(=O)(=O)c2ccc(C(C)=O)cc2)CC1. The molecule has 0 unspecified atom stereocenters. The lowest BCUT2D eigenvalue weighted by Crippen LogP contribution is -2.41. The van der Waals surface area contributed by atoms with Crippen LogP contribution >= 0.6 is 11.3 Å². The maximum absolute atomic E-state index is 12.9. The molecule has 8 nitrogen and oxygen atoms in total. The first-order valence-electron chi connectivity index (χ1n) is 10.9. The molecule has 1 aromatic carbocycles. The van der Waals surface area contributed by atoms with Gasteiger partial charge in [0.15, 0.2) is 5.78 Å². The molecule has 3 rings (SSSR count). The topological polar surface area (TPSA) is 110 Å². The number of nitrogens with zero attached hydrogens (tertiary/aromatic N) is 1. The van der Waals surface area contributed by atoms with E-state index in [-0.39, 0.29) is 42.2 Å². The molecule has 1 amide bonds. The number of amides is 1. The van der Waals surface area contributed by atoms with Crippen molar-refractivity contribution in [1.82, 2.24) is 4.31 Å². The first-order valence-corrected chi connectivity index (χ1v) is 13.1. The molecule has 1 aliphatic rings. The van der Waals surface area contributed by atoms with Crippen molar-refractivity contribution in [1.29, 1.82) is 0 Å². The van der Waals surface area contributed by atoms with Crippen LogP contribution < -0.4 is 5.32 Å². The van der Waals surface area contributed by atoms with Gasteiger partial charge < -0.3 is 10.1 Å². The van der Waals surface area contributed by atoms with Crippen LogP contribution in [0.3, 0.4) is 0 Å². The van der Waals surface area contributed by atoms with Crippen molar-refractivity contribution < 1.29 is 27.5 Å². The first-order chi connectivity index (χ1) is 15.7. The summed E-state index contributed by atoms with van der Waals surface area (Å²) in [5.74, 6) is -1.19. The number of aryl methyl sites for hydroxylation is 1. The molecule has 33 heavy (non-hydrogen) atoms. The summed E-state index contributed by atoms with van der Waals surface area (Å²) in [6.45, 7) is 5.79. The minimum Gasteiger partial charge on any atom is -0.462 e. The number of carbonyl (C=O) groups excluding carboxylic acids is 3. The number of piperidine rings is 1. The molecule has 0 spiro atoms. The summed E-state index contributed by atoms with van der Waals surface area (Å²) in [5.41, 5.74) is 0.799. The number of anilines is 1. The van der Waals surface area contributed by atoms with Gasteiger partial charge in [0.2, 0.25) is 15.9 Å². The number of thiophene rings is 1. The molecular weight excluding hydrogens is 464 g/mol. The molecule has 10 heteroatoms. The molecule has 1 aliphatic heterocycles. The molecule has 0 atom stereocenters. The Morgan fingerprint density at radius 1 is 1.12 bits per heavy atom. The van der Waals surface area contributed by atoms with Gasteiger partial charge in [0.1, 0.15) is 5.00 Å². The highest BCUT2D eigenvalue weighted by Crippen LogP contribution is 2.31. The predicted molar refractivity (Wildman–Crippen MR) is 126 cm³/mol. The number of ether oxygens (including phenoxy) is 1. The molecule has 0 aliphatic carbocycles. The number of benzene rings is 1. The zero-order valence-corrected chi connectivity index (χ0v) is 20.6. The standard InChI is InChI=1S/C23H28N2O6S2/c1-4-18-14-20(23(28)31-5-2)22(32-18)24-21(27)17-10-12-25(13-11-17)33(29,30)19-8-6-16(7-9-19)15(3)26/h6-9,14,17H,4-5,10-13H2,1-3H3,(H,24,27). The van der Waals surface area contributed by atoms with Crippen molar-refractivity contribution in [2.75, 3.05) is 25.0 Å². The fraction of sp³-hybridized carbons (Fsp3) is 0.435. The van der Waals surface area contributed by atoms with E-state index in [4.69, 9.17) is 4.74 Å². The minimum atomic E-state index is -3.71. The molecule has 1 saturated heterocycles. The van der Waals surface area contributed by atoms with E-state index < -0.39 is 16.0 Å². The van der Waals surface area contributed by atoms with Gasteiger partial charge in [-0.3, -0.25) is 9.59 Å². The lowest BCUT2D eigenvalue weighted by molar-refractivity contribution is -0.120. The Labute approximate surface area is 198 Å². The summed E-state index contributed by atoms with van der Waals surface area (Å²) in [7, 11) is -3.71. The number of Topliss-reactive ketones (excluding diaryl/α,β-unsaturated/α-hetero) is 1. The number of hydrogen-bond acceptors (Lipinski definition) is 7. The van der Waals surface area contributed by atoms with E-state index in [1.807, 2.05) is 6.92 Å². The Hall–Kier alpha value is -2.56. The predicted octanol–water partition coefficient (Wildman–Crippen LogP) is 3.73. The highest BCUT2D eigenvalue weighted by atomic mass is 32.2. The zero-order chi connectivity index (χ0) is 24.2. The Balaban J connectivity index is 1.65. The van der Waals surface area contributed by atoms with Gasteiger partial charge in [-0.2, -0.15) is 4.31 Å². The third-order valence-corrected chi connectivity index (χ3v) is 8.69. The molecule has 1 aromatic heterocycles. The van der Waals surface area contributed by atoms with E-state index >= 15 is 0 Å². The van der Waals surface area contributed by atoms with Gasteiger partial charge >= 0.3 is 5.97 Å². The third kappa shape index (κ3) is 5.69. The Kier molecular flexibility index (Phi) is 8.04. The number of ketones is 1. The molecule has 1 fully saturated rings. The van der Waals surface area contributed by atoms with Crippen molar-refractivity contribution in [3.8, 4) is 0 Å². The highest BCUT2D eigenvalue weighted by molar-refractivity contribution is 7.89. The average molecular weight is 493 g/mol. The summed E-state index contributed by atoms with van der Waals surface area (Å²) in [6.07, 6.45) is 1.48. The lowest BCUT2D eigenvalue weighted by Gasteiger charge is -2.30. The normalized spacial score (nSPS) is 15.2. The van der Waals surface area contributed by atoms with Crippen LogP contribution in [-0.4, -0.2) is 50.1 Å². The van der Waals surface area contributed by atoms with Gasteiger partial charge in [0.05, 0.1) is 17.1 Å². The highest BCUT2D eigenvalue weighted by Gasteiger charge is 2.33. The fourth-order valence-electron chi connectivity index (χ4n) is 3.65. The monoisotopic (exact) mass is 492 g/mol. The van der Waals surface area contributed by atoms with Crippen molar-refractivity contribution in [3.63, 3.8) is 0 Å². The van der Waals surface area contributed by atoms with E-state index in [0.717, 1.165) is 11.3 Å². The molecule has 178 valence electrons. The second kappa shape index (κ2) is 10.6. The second-order valence-corrected chi connectivity index (χ2v) is 10.9. The second-order valence-electron chi connectivity index (χ2n) is 7.78. The van der Waals surface area contributed by atoms with Gasteiger partial charge in [-0.15, -0.1) is 11.3 Å². The average Bonchev–Trinajstić information content (AvgIpc) is 3.22. The Bertz CT molecular complexity index is 1130. The summed E-state index contributed by atoms with van der Waals surface area (Å²) in [4.78, 5) is 37.6. The maximum atomic E-state index is 12.9. The van der Waals surface area contributed by atoms with Crippen molar-refractivity contribution >= 4 is 44.0 Å². The van der Waals surface area contributed by atoms with Crippen molar-refractivity contribution in [2.24, 2.45) is 5.92 Å². The summed E-state index contributed by atoms with van der Waals surface area (Å²) < 4.78 is 32.3. The molecule has 2 heterocycles. The Morgan fingerprint density at radius 2 is 1.76 bits per heavy atom. The van der Waals surface area contributed by atoms with Crippen LogP contribution in [-0.2, 0) is 26.0 Å². The fourth-order valence-corrected chi connectivity index (χ4v) is 6.11. The number of sulfonamides is 1. The molecule has 0 bridgehead atoms.